The van der Waals surface area contributed by atoms with Crippen molar-refractivity contribution in [3.63, 3.8) is 0 Å². The SMILES string of the molecule is CCCCCS(=O)(=O)CC(=O)Nc1ccc(C(=O)O)cc1. The third-order valence-electron chi connectivity index (χ3n) is 2.83. The Labute approximate surface area is 124 Å². The number of unbranched alkanes of at least 4 members (excludes halogenated alkanes) is 2. The second kappa shape index (κ2) is 7.78. The number of benzene rings is 1. The summed E-state index contributed by atoms with van der Waals surface area (Å²) in [4.78, 5) is 22.4. The van der Waals surface area contributed by atoms with Gasteiger partial charge in [0.1, 0.15) is 5.75 Å². The van der Waals surface area contributed by atoms with E-state index in [1.165, 1.54) is 24.3 Å². The van der Waals surface area contributed by atoms with Crippen LogP contribution in [0.2, 0.25) is 0 Å². The van der Waals surface area contributed by atoms with Gasteiger partial charge < -0.3 is 10.4 Å². The van der Waals surface area contributed by atoms with E-state index in [1.54, 1.807) is 0 Å². The molecule has 0 atom stereocenters. The van der Waals surface area contributed by atoms with E-state index < -0.39 is 27.5 Å². The zero-order chi connectivity index (χ0) is 15.9. The molecule has 0 saturated carbocycles. The standard InChI is InChI=1S/C14H19NO5S/c1-2-3-4-9-21(19,20)10-13(16)15-12-7-5-11(6-8-12)14(17)18/h5-8H,2-4,9-10H2,1H3,(H,15,16)(H,17,18). The van der Waals surface area contributed by atoms with Crippen LogP contribution in [-0.2, 0) is 14.6 Å². The van der Waals surface area contributed by atoms with Crippen molar-refractivity contribution in [3.05, 3.63) is 29.8 Å². The van der Waals surface area contributed by atoms with Crippen molar-refractivity contribution in [2.75, 3.05) is 16.8 Å². The Morgan fingerprint density at radius 3 is 2.29 bits per heavy atom. The molecule has 0 aliphatic carbocycles. The number of hydrogen-bond acceptors (Lipinski definition) is 4. The molecule has 1 amide bonds. The predicted molar refractivity (Wildman–Crippen MR) is 80.2 cm³/mol. The van der Waals surface area contributed by atoms with Crippen LogP contribution in [0, 0.1) is 0 Å². The highest BCUT2D eigenvalue weighted by molar-refractivity contribution is 7.92. The summed E-state index contributed by atoms with van der Waals surface area (Å²) >= 11 is 0. The van der Waals surface area contributed by atoms with E-state index in [0.29, 0.717) is 12.1 Å². The molecule has 21 heavy (non-hydrogen) atoms. The van der Waals surface area contributed by atoms with Crippen LogP contribution in [0.1, 0.15) is 36.5 Å². The molecule has 0 saturated heterocycles. The maximum absolute atomic E-state index is 11.7. The van der Waals surface area contributed by atoms with E-state index in [0.717, 1.165) is 12.8 Å². The van der Waals surface area contributed by atoms with E-state index in [-0.39, 0.29) is 11.3 Å². The number of anilines is 1. The Bertz CT molecular complexity index is 592. The first-order chi connectivity index (χ1) is 9.84. The van der Waals surface area contributed by atoms with Gasteiger partial charge in [-0.2, -0.15) is 0 Å². The third-order valence-corrected chi connectivity index (χ3v) is 4.44. The first-order valence-corrected chi connectivity index (χ1v) is 8.50. The monoisotopic (exact) mass is 313 g/mol. The molecule has 0 aliphatic heterocycles. The molecule has 7 heteroatoms. The molecular formula is C14H19NO5S. The van der Waals surface area contributed by atoms with Crippen LogP contribution >= 0.6 is 0 Å². The molecule has 2 N–H and O–H groups in total. The zero-order valence-electron chi connectivity index (χ0n) is 11.8. The fraction of sp³-hybridized carbons (Fsp3) is 0.429. The van der Waals surface area contributed by atoms with Crippen molar-refractivity contribution in [3.8, 4) is 0 Å². The van der Waals surface area contributed by atoms with E-state index in [9.17, 15) is 18.0 Å². The minimum absolute atomic E-state index is 0.00616. The summed E-state index contributed by atoms with van der Waals surface area (Å²) in [5, 5.41) is 11.2. The molecule has 1 aromatic carbocycles. The number of carboxylic acids is 1. The zero-order valence-corrected chi connectivity index (χ0v) is 12.6. The van der Waals surface area contributed by atoms with Crippen molar-refractivity contribution in [1.29, 1.82) is 0 Å². The van der Waals surface area contributed by atoms with Crippen molar-refractivity contribution in [2.24, 2.45) is 0 Å². The molecule has 0 heterocycles. The molecule has 0 radical (unpaired) electrons. The van der Waals surface area contributed by atoms with Gasteiger partial charge in [-0.05, 0) is 30.7 Å². The Balaban J connectivity index is 2.55. The van der Waals surface area contributed by atoms with Crippen LogP contribution in [0.25, 0.3) is 0 Å². The van der Waals surface area contributed by atoms with Crippen molar-refractivity contribution in [2.45, 2.75) is 26.2 Å². The molecule has 1 aromatic rings. The van der Waals surface area contributed by atoms with Crippen LogP contribution in [0.4, 0.5) is 5.69 Å². The summed E-state index contributed by atoms with van der Waals surface area (Å²) in [6.45, 7) is 1.97. The number of amides is 1. The summed E-state index contributed by atoms with van der Waals surface area (Å²) in [7, 11) is -3.40. The maximum Gasteiger partial charge on any atom is 0.335 e. The van der Waals surface area contributed by atoms with Crippen LogP contribution in [-0.4, -0.2) is 36.9 Å². The summed E-state index contributed by atoms with van der Waals surface area (Å²) in [6, 6.07) is 5.53. The Kier molecular flexibility index (Phi) is 6.36. The molecule has 0 aliphatic rings. The van der Waals surface area contributed by atoms with Gasteiger partial charge in [0.25, 0.3) is 0 Å². The molecule has 0 bridgehead atoms. The fourth-order valence-corrected chi connectivity index (χ4v) is 3.00. The van der Waals surface area contributed by atoms with Gasteiger partial charge in [-0.15, -0.1) is 0 Å². The minimum atomic E-state index is -3.40. The van der Waals surface area contributed by atoms with Crippen LogP contribution in [0.3, 0.4) is 0 Å². The topological polar surface area (TPSA) is 101 Å². The molecule has 0 aromatic heterocycles. The third kappa shape index (κ3) is 6.40. The molecule has 0 fully saturated rings. The fourth-order valence-electron chi connectivity index (χ4n) is 1.74. The second-order valence-electron chi connectivity index (χ2n) is 4.73. The van der Waals surface area contributed by atoms with Crippen molar-refractivity contribution >= 4 is 27.4 Å². The highest BCUT2D eigenvalue weighted by Gasteiger charge is 2.16. The number of carbonyl (C=O) groups is 2. The Hall–Kier alpha value is -1.89. The van der Waals surface area contributed by atoms with Crippen LogP contribution in [0.5, 0.6) is 0 Å². The summed E-state index contributed by atoms with van der Waals surface area (Å²) < 4.78 is 23.4. The van der Waals surface area contributed by atoms with Gasteiger partial charge in [0.15, 0.2) is 9.84 Å². The molecule has 0 unspecified atom stereocenters. The lowest BCUT2D eigenvalue weighted by Crippen LogP contribution is -2.24. The van der Waals surface area contributed by atoms with E-state index in [1.807, 2.05) is 6.92 Å². The number of carbonyl (C=O) groups excluding carboxylic acids is 1. The lowest BCUT2D eigenvalue weighted by atomic mass is 10.2. The average Bonchev–Trinajstić information content (AvgIpc) is 2.38. The maximum atomic E-state index is 11.7. The molecule has 6 nitrogen and oxygen atoms in total. The van der Waals surface area contributed by atoms with Gasteiger partial charge in [-0.3, -0.25) is 4.79 Å². The number of nitrogens with one attached hydrogen (secondary N) is 1. The number of carboxylic acid groups (broad SMARTS) is 1. The van der Waals surface area contributed by atoms with E-state index in [2.05, 4.69) is 5.32 Å². The van der Waals surface area contributed by atoms with Crippen LogP contribution < -0.4 is 5.32 Å². The molecular weight excluding hydrogens is 294 g/mol. The largest absolute Gasteiger partial charge is 0.478 e. The normalized spacial score (nSPS) is 11.1. The first kappa shape index (κ1) is 17.2. The summed E-state index contributed by atoms with van der Waals surface area (Å²) in [5.41, 5.74) is 0.467. The lowest BCUT2D eigenvalue weighted by molar-refractivity contribution is -0.113. The highest BCUT2D eigenvalue weighted by Crippen LogP contribution is 2.10. The van der Waals surface area contributed by atoms with Gasteiger partial charge in [0, 0.05) is 5.69 Å². The summed E-state index contributed by atoms with van der Waals surface area (Å²) in [6.07, 6.45) is 2.29. The second-order valence-corrected chi connectivity index (χ2v) is 6.91. The number of rotatable bonds is 8. The first-order valence-electron chi connectivity index (χ1n) is 6.67. The predicted octanol–water partition coefficient (Wildman–Crippen LogP) is 1.93. The number of aromatic carboxylic acids is 1. The van der Waals surface area contributed by atoms with E-state index >= 15 is 0 Å². The highest BCUT2D eigenvalue weighted by atomic mass is 32.2. The van der Waals surface area contributed by atoms with Gasteiger partial charge in [-0.25, -0.2) is 13.2 Å². The molecule has 0 spiro atoms. The molecule has 116 valence electrons. The Morgan fingerprint density at radius 1 is 1.14 bits per heavy atom. The van der Waals surface area contributed by atoms with Crippen LogP contribution in [0.15, 0.2) is 24.3 Å². The number of hydrogen-bond donors (Lipinski definition) is 2. The van der Waals surface area contributed by atoms with Gasteiger partial charge in [-0.1, -0.05) is 19.8 Å². The quantitative estimate of drug-likeness (QED) is 0.714. The smallest absolute Gasteiger partial charge is 0.335 e. The number of sulfone groups is 1. The Morgan fingerprint density at radius 2 is 1.76 bits per heavy atom. The van der Waals surface area contributed by atoms with Crippen molar-refractivity contribution in [1.82, 2.24) is 0 Å². The minimum Gasteiger partial charge on any atom is -0.478 e. The average molecular weight is 313 g/mol. The van der Waals surface area contributed by atoms with Gasteiger partial charge in [0.2, 0.25) is 5.91 Å². The summed E-state index contributed by atoms with van der Waals surface area (Å²) in [5.74, 6) is -2.23. The van der Waals surface area contributed by atoms with Gasteiger partial charge >= 0.3 is 5.97 Å². The van der Waals surface area contributed by atoms with E-state index in [4.69, 9.17) is 5.11 Å². The lowest BCUT2D eigenvalue weighted by Gasteiger charge is -2.06. The van der Waals surface area contributed by atoms with Gasteiger partial charge in [0.05, 0.1) is 11.3 Å². The molecule has 1 rings (SSSR count). The van der Waals surface area contributed by atoms with Crippen molar-refractivity contribution < 1.29 is 23.1 Å².